The molecule has 0 saturated carbocycles. The number of nitrogens with zero attached hydrogens (tertiary/aromatic N) is 3. The van der Waals surface area contributed by atoms with Gasteiger partial charge in [-0.1, -0.05) is 13.8 Å². The van der Waals surface area contributed by atoms with Crippen LogP contribution in [0.2, 0.25) is 0 Å². The molecule has 0 atom stereocenters. The van der Waals surface area contributed by atoms with E-state index in [1.165, 1.54) is 5.56 Å². The summed E-state index contributed by atoms with van der Waals surface area (Å²) in [5, 5.41) is 7.66. The third-order valence-electron chi connectivity index (χ3n) is 2.50. The van der Waals surface area contributed by atoms with Gasteiger partial charge in [-0.3, -0.25) is 0 Å². The van der Waals surface area contributed by atoms with Gasteiger partial charge in [-0.15, -0.1) is 0 Å². The Balaban J connectivity index is 2.26. The molecule has 1 N–H and O–H groups in total. The zero-order valence-electron chi connectivity index (χ0n) is 10.8. The quantitative estimate of drug-likeness (QED) is 0.944. The van der Waals surface area contributed by atoms with E-state index in [0.29, 0.717) is 6.04 Å². The Bertz CT molecular complexity index is 534. The molecular weight excluding hydrogens is 292 g/mol. The predicted octanol–water partition coefficient (Wildman–Crippen LogP) is 2.84. The number of pyridine rings is 1. The Hall–Kier alpha value is -1.20. The van der Waals surface area contributed by atoms with Gasteiger partial charge in [0.1, 0.15) is 0 Å². The lowest BCUT2D eigenvalue weighted by Gasteiger charge is -2.10. The molecule has 0 fully saturated rings. The fourth-order valence-electron chi connectivity index (χ4n) is 1.69. The van der Waals surface area contributed by atoms with Gasteiger partial charge in [0.25, 0.3) is 0 Å². The van der Waals surface area contributed by atoms with Crippen molar-refractivity contribution in [1.82, 2.24) is 20.1 Å². The molecule has 0 radical (unpaired) electrons. The van der Waals surface area contributed by atoms with E-state index in [2.05, 4.69) is 57.3 Å². The van der Waals surface area contributed by atoms with Crippen LogP contribution in [-0.2, 0) is 6.54 Å². The fraction of sp³-hybridized carbons (Fsp3) is 0.385. The molecule has 0 amide bonds. The van der Waals surface area contributed by atoms with E-state index in [4.69, 9.17) is 0 Å². The molecule has 5 heteroatoms. The van der Waals surface area contributed by atoms with Crippen LogP contribution in [0.1, 0.15) is 25.1 Å². The highest BCUT2D eigenvalue weighted by Gasteiger charge is 2.04. The molecule has 4 nitrogen and oxygen atoms in total. The van der Waals surface area contributed by atoms with Crippen LogP contribution in [0.3, 0.4) is 0 Å². The molecule has 2 rings (SSSR count). The summed E-state index contributed by atoms with van der Waals surface area (Å²) in [6, 6.07) is 4.62. The number of aryl methyl sites for hydroxylation is 1. The second-order valence-corrected chi connectivity index (χ2v) is 5.53. The van der Waals surface area contributed by atoms with Crippen molar-refractivity contribution >= 4 is 15.9 Å². The molecule has 0 aromatic carbocycles. The van der Waals surface area contributed by atoms with Crippen molar-refractivity contribution in [2.45, 2.75) is 33.4 Å². The number of hydrogen-bond donors (Lipinski definition) is 1. The highest BCUT2D eigenvalue weighted by molar-refractivity contribution is 9.10. The number of rotatable bonds is 4. The fourth-order valence-corrected chi connectivity index (χ4v) is 1.97. The smallest absolute Gasteiger partial charge is 0.153 e. The lowest BCUT2D eigenvalue weighted by molar-refractivity contribution is 0.588. The normalized spacial score (nSPS) is 11.2. The molecule has 2 heterocycles. The topological polar surface area (TPSA) is 42.7 Å². The predicted molar refractivity (Wildman–Crippen MR) is 75.8 cm³/mol. The number of halogens is 1. The van der Waals surface area contributed by atoms with Gasteiger partial charge in [0.2, 0.25) is 0 Å². The Morgan fingerprint density at radius 3 is 2.78 bits per heavy atom. The molecule has 0 saturated heterocycles. The van der Waals surface area contributed by atoms with Crippen LogP contribution in [0.5, 0.6) is 0 Å². The van der Waals surface area contributed by atoms with Crippen molar-refractivity contribution in [1.29, 1.82) is 0 Å². The summed E-state index contributed by atoms with van der Waals surface area (Å²) in [6.45, 7) is 7.12. The summed E-state index contributed by atoms with van der Waals surface area (Å²) in [5.74, 6) is 0.848. The van der Waals surface area contributed by atoms with Crippen molar-refractivity contribution in [2.24, 2.45) is 0 Å². The highest BCUT2D eigenvalue weighted by Crippen LogP contribution is 2.13. The minimum Gasteiger partial charge on any atom is -0.310 e. The lowest BCUT2D eigenvalue weighted by atomic mass is 10.2. The van der Waals surface area contributed by atoms with Gasteiger partial charge in [0.05, 0.1) is 10.7 Å². The summed E-state index contributed by atoms with van der Waals surface area (Å²) in [5.41, 5.74) is 2.22. The van der Waals surface area contributed by atoms with Crippen LogP contribution in [0, 0.1) is 6.92 Å². The first kappa shape index (κ1) is 13.2. The molecule has 18 heavy (non-hydrogen) atoms. The van der Waals surface area contributed by atoms with Crippen LogP contribution in [0.25, 0.3) is 5.82 Å². The molecule has 2 aromatic rings. The zero-order chi connectivity index (χ0) is 13.1. The summed E-state index contributed by atoms with van der Waals surface area (Å²) >= 11 is 3.39. The third-order valence-corrected chi connectivity index (χ3v) is 2.91. The van der Waals surface area contributed by atoms with Gasteiger partial charge in [-0.25, -0.2) is 9.67 Å². The molecule has 96 valence electrons. The second-order valence-electron chi connectivity index (χ2n) is 4.61. The maximum atomic E-state index is 4.50. The third kappa shape index (κ3) is 3.40. The largest absolute Gasteiger partial charge is 0.310 e. The molecule has 0 aliphatic carbocycles. The van der Waals surface area contributed by atoms with Crippen molar-refractivity contribution in [3.05, 3.63) is 40.3 Å². The van der Waals surface area contributed by atoms with E-state index in [9.17, 15) is 0 Å². The van der Waals surface area contributed by atoms with Gasteiger partial charge in [0.15, 0.2) is 5.82 Å². The molecule has 0 bridgehead atoms. The molecular formula is C13H17BrN4. The van der Waals surface area contributed by atoms with Crippen LogP contribution in [-0.4, -0.2) is 20.8 Å². The van der Waals surface area contributed by atoms with Crippen molar-refractivity contribution in [2.75, 3.05) is 0 Å². The Kier molecular flexibility index (Phi) is 4.14. The lowest BCUT2D eigenvalue weighted by Crippen LogP contribution is -2.22. The monoisotopic (exact) mass is 308 g/mol. The molecule has 0 aliphatic heterocycles. The first-order valence-corrected chi connectivity index (χ1v) is 6.75. The van der Waals surface area contributed by atoms with Gasteiger partial charge in [-0.2, -0.15) is 5.10 Å². The number of nitrogens with one attached hydrogen (secondary N) is 1. The molecule has 0 unspecified atom stereocenters. The van der Waals surface area contributed by atoms with E-state index in [1.54, 1.807) is 10.9 Å². The summed E-state index contributed by atoms with van der Waals surface area (Å²) in [4.78, 5) is 4.50. The number of aromatic nitrogens is 3. The average molecular weight is 309 g/mol. The number of hydrogen-bond acceptors (Lipinski definition) is 3. The zero-order valence-corrected chi connectivity index (χ0v) is 12.4. The first-order chi connectivity index (χ1) is 8.54. The molecule has 0 aliphatic rings. The van der Waals surface area contributed by atoms with E-state index in [1.807, 2.05) is 13.1 Å². The first-order valence-electron chi connectivity index (χ1n) is 5.96. The van der Waals surface area contributed by atoms with Crippen LogP contribution in [0.15, 0.2) is 29.0 Å². The van der Waals surface area contributed by atoms with Gasteiger partial charge < -0.3 is 5.32 Å². The average Bonchev–Trinajstić information content (AvgIpc) is 2.72. The van der Waals surface area contributed by atoms with Gasteiger partial charge >= 0.3 is 0 Å². The van der Waals surface area contributed by atoms with Crippen molar-refractivity contribution in [3.8, 4) is 5.82 Å². The van der Waals surface area contributed by atoms with E-state index in [-0.39, 0.29) is 0 Å². The molecule has 2 aromatic heterocycles. The minimum absolute atomic E-state index is 0.473. The van der Waals surface area contributed by atoms with Crippen molar-refractivity contribution < 1.29 is 0 Å². The SMILES string of the molecule is Cc1cc(CNC(C)C)cc(-n2cc(Br)cn2)n1. The van der Waals surface area contributed by atoms with Crippen LogP contribution in [0.4, 0.5) is 0 Å². The molecule has 0 spiro atoms. The highest BCUT2D eigenvalue weighted by atomic mass is 79.9. The standard InChI is InChI=1S/C13H17BrN4/c1-9(2)15-6-11-4-10(3)17-13(5-11)18-8-12(14)7-16-18/h4-5,7-9,15H,6H2,1-3H3. The van der Waals surface area contributed by atoms with Crippen molar-refractivity contribution in [3.63, 3.8) is 0 Å². The Labute approximate surface area is 116 Å². The summed E-state index contributed by atoms with van der Waals surface area (Å²) in [6.07, 6.45) is 3.66. The Morgan fingerprint density at radius 1 is 1.39 bits per heavy atom. The Morgan fingerprint density at radius 2 is 2.17 bits per heavy atom. The van der Waals surface area contributed by atoms with Gasteiger partial charge in [0, 0.05) is 24.5 Å². The second kappa shape index (κ2) is 5.63. The van der Waals surface area contributed by atoms with E-state index >= 15 is 0 Å². The van der Waals surface area contributed by atoms with E-state index < -0.39 is 0 Å². The maximum absolute atomic E-state index is 4.50. The summed E-state index contributed by atoms with van der Waals surface area (Å²) < 4.78 is 2.73. The van der Waals surface area contributed by atoms with Crippen LogP contribution >= 0.6 is 15.9 Å². The minimum atomic E-state index is 0.473. The van der Waals surface area contributed by atoms with Gasteiger partial charge in [-0.05, 0) is 40.5 Å². The maximum Gasteiger partial charge on any atom is 0.153 e. The van der Waals surface area contributed by atoms with Crippen LogP contribution < -0.4 is 5.32 Å². The van der Waals surface area contributed by atoms with E-state index in [0.717, 1.165) is 22.5 Å². The summed E-state index contributed by atoms with van der Waals surface area (Å²) in [7, 11) is 0.